The van der Waals surface area contributed by atoms with Crippen LogP contribution in [0.5, 0.6) is 0 Å². The molecule has 1 aromatic rings. The van der Waals surface area contributed by atoms with E-state index >= 15 is 0 Å². The Balaban J connectivity index is 2.70. The molecule has 0 aliphatic heterocycles. The highest BCUT2D eigenvalue weighted by Crippen LogP contribution is 2.14. The number of carbonyl (C=O) groups excluding carboxylic acids is 1. The van der Waals surface area contributed by atoms with Gasteiger partial charge in [0.15, 0.2) is 0 Å². The van der Waals surface area contributed by atoms with Crippen LogP contribution in [0, 0.1) is 11.7 Å². The predicted molar refractivity (Wildman–Crippen MR) is 55.9 cm³/mol. The fourth-order valence-corrected chi connectivity index (χ4v) is 1.51. The molecule has 82 valence electrons. The first-order valence-electron chi connectivity index (χ1n) is 4.99. The number of carbonyl (C=O) groups is 1. The second kappa shape index (κ2) is 5.49. The van der Waals surface area contributed by atoms with Crippen LogP contribution < -0.4 is 0 Å². The fraction of sp³-hybridized carbons (Fsp3) is 0.417. The molecule has 0 amide bonds. The molecule has 2 nitrogen and oxygen atoms in total. The molecule has 0 bridgehead atoms. The van der Waals surface area contributed by atoms with Gasteiger partial charge in [0.25, 0.3) is 0 Å². The number of halogens is 1. The van der Waals surface area contributed by atoms with Crippen molar-refractivity contribution < 1.29 is 13.9 Å². The summed E-state index contributed by atoms with van der Waals surface area (Å²) < 4.78 is 17.6. The van der Waals surface area contributed by atoms with E-state index in [0.29, 0.717) is 12.8 Å². The standard InChI is InChI=1S/C12H15FO2/c1-3-10(12(14)15-2)7-9-5-4-6-11(13)8-9/h4-6,8,10H,3,7H2,1-2H3. The average Bonchev–Trinajstić information content (AvgIpc) is 2.25. The Morgan fingerprint density at radius 2 is 2.27 bits per heavy atom. The van der Waals surface area contributed by atoms with Gasteiger partial charge in [0.05, 0.1) is 13.0 Å². The highest BCUT2D eigenvalue weighted by Gasteiger charge is 2.17. The molecule has 1 atom stereocenters. The number of hydrogen-bond acceptors (Lipinski definition) is 2. The zero-order chi connectivity index (χ0) is 11.3. The normalized spacial score (nSPS) is 12.2. The third-order valence-corrected chi connectivity index (χ3v) is 2.40. The third-order valence-electron chi connectivity index (χ3n) is 2.40. The van der Waals surface area contributed by atoms with Gasteiger partial charge in [-0.3, -0.25) is 4.79 Å². The zero-order valence-electron chi connectivity index (χ0n) is 9.00. The van der Waals surface area contributed by atoms with Gasteiger partial charge in [-0.15, -0.1) is 0 Å². The molecule has 1 unspecified atom stereocenters. The Morgan fingerprint density at radius 1 is 1.53 bits per heavy atom. The second-order valence-corrected chi connectivity index (χ2v) is 3.46. The summed E-state index contributed by atoms with van der Waals surface area (Å²) in [4.78, 5) is 11.3. The minimum absolute atomic E-state index is 0.184. The van der Waals surface area contributed by atoms with E-state index in [4.69, 9.17) is 0 Å². The summed E-state index contributed by atoms with van der Waals surface area (Å²) in [7, 11) is 1.37. The Hall–Kier alpha value is -1.38. The molecule has 0 saturated heterocycles. The molecule has 1 aromatic carbocycles. The van der Waals surface area contributed by atoms with Crippen molar-refractivity contribution in [2.75, 3.05) is 7.11 Å². The first-order chi connectivity index (χ1) is 7.17. The number of ether oxygens (including phenoxy) is 1. The summed E-state index contributed by atoms with van der Waals surface area (Å²) in [6.45, 7) is 1.92. The zero-order valence-corrected chi connectivity index (χ0v) is 9.00. The molecular formula is C12H15FO2. The van der Waals surface area contributed by atoms with E-state index in [1.807, 2.05) is 13.0 Å². The molecule has 0 heterocycles. The van der Waals surface area contributed by atoms with Crippen LogP contribution in [0.2, 0.25) is 0 Å². The summed E-state index contributed by atoms with van der Waals surface area (Å²) in [5, 5.41) is 0. The maximum absolute atomic E-state index is 12.9. The van der Waals surface area contributed by atoms with Crippen LogP contribution in [0.15, 0.2) is 24.3 Å². The van der Waals surface area contributed by atoms with Crippen molar-refractivity contribution in [1.82, 2.24) is 0 Å². The van der Waals surface area contributed by atoms with Gasteiger partial charge in [0.1, 0.15) is 5.82 Å². The van der Waals surface area contributed by atoms with Crippen molar-refractivity contribution in [1.29, 1.82) is 0 Å². The maximum Gasteiger partial charge on any atom is 0.308 e. The SMILES string of the molecule is CCC(Cc1cccc(F)c1)C(=O)OC. The van der Waals surface area contributed by atoms with Gasteiger partial charge < -0.3 is 4.74 Å². The quantitative estimate of drug-likeness (QED) is 0.714. The molecule has 1 rings (SSSR count). The first kappa shape index (κ1) is 11.7. The summed E-state index contributed by atoms with van der Waals surface area (Å²) in [6.07, 6.45) is 1.23. The van der Waals surface area contributed by atoms with Crippen LogP contribution in [0.1, 0.15) is 18.9 Å². The van der Waals surface area contributed by atoms with Gasteiger partial charge in [-0.2, -0.15) is 0 Å². The smallest absolute Gasteiger partial charge is 0.308 e. The lowest BCUT2D eigenvalue weighted by molar-refractivity contribution is -0.145. The van der Waals surface area contributed by atoms with Crippen molar-refractivity contribution in [3.05, 3.63) is 35.6 Å². The molecule has 0 fully saturated rings. The maximum atomic E-state index is 12.9. The minimum atomic E-state index is -0.271. The van der Waals surface area contributed by atoms with Gasteiger partial charge in [0, 0.05) is 0 Å². The first-order valence-corrected chi connectivity index (χ1v) is 4.99. The molecule has 0 aliphatic rings. The molecule has 0 radical (unpaired) electrons. The summed E-state index contributed by atoms with van der Waals surface area (Å²) in [5.41, 5.74) is 0.826. The van der Waals surface area contributed by atoms with Gasteiger partial charge in [-0.05, 0) is 30.5 Å². The molecular weight excluding hydrogens is 195 g/mol. The number of esters is 1. The van der Waals surface area contributed by atoms with Crippen LogP contribution in [-0.2, 0) is 16.0 Å². The van der Waals surface area contributed by atoms with E-state index in [-0.39, 0.29) is 17.7 Å². The van der Waals surface area contributed by atoms with Gasteiger partial charge in [-0.25, -0.2) is 4.39 Å². The molecule has 0 aliphatic carbocycles. The number of hydrogen-bond donors (Lipinski definition) is 0. The van der Waals surface area contributed by atoms with E-state index in [1.54, 1.807) is 6.07 Å². The van der Waals surface area contributed by atoms with Crippen molar-refractivity contribution in [3.63, 3.8) is 0 Å². The third kappa shape index (κ3) is 3.35. The number of rotatable bonds is 4. The van der Waals surface area contributed by atoms with Gasteiger partial charge in [-0.1, -0.05) is 19.1 Å². The van der Waals surface area contributed by atoms with Gasteiger partial charge >= 0.3 is 5.97 Å². The topological polar surface area (TPSA) is 26.3 Å². The molecule has 15 heavy (non-hydrogen) atoms. The second-order valence-electron chi connectivity index (χ2n) is 3.46. The Labute approximate surface area is 89.1 Å². The highest BCUT2D eigenvalue weighted by atomic mass is 19.1. The Bertz CT molecular complexity index is 336. The van der Waals surface area contributed by atoms with Crippen molar-refractivity contribution in [2.45, 2.75) is 19.8 Å². The minimum Gasteiger partial charge on any atom is -0.469 e. The van der Waals surface area contributed by atoms with Crippen molar-refractivity contribution in [2.24, 2.45) is 5.92 Å². The van der Waals surface area contributed by atoms with Crippen LogP contribution in [0.4, 0.5) is 4.39 Å². The van der Waals surface area contributed by atoms with Crippen molar-refractivity contribution >= 4 is 5.97 Å². The molecule has 0 spiro atoms. The average molecular weight is 210 g/mol. The molecule has 0 N–H and O–H groups in total. The highest BCUT2D eigenvalue weighted by molar-refractivity contribution is 5.72. The van der Waals surface area contributed by atoms with Crippen LogP contribution in [0.25, 0.3) is 0 Å². The van der Waals surface area contributed by atoms with Crippen molar-refractivity contribution in [3.8, 4) is 0 Å². The number of methoxy groups -OCH3 is 1. The Kier molecular flexibility index (Phi) is 4.28. The summed E-state index contributed by atoms with van der Waals surface area (Å²) >= 11 is 0. The lowest BCUT2D eigenvalue weighted by Gasteiger charge is -2.11. The summed E-state index contributed by atoms with van der Waals surface area (Å²) in [6, 6.07) is 6.30. The van der Waals surface area contributed by atoms with E-state index in [9.17, 15) is 9.18 Å². The van der Waals surface area contributed by atoms with Crippen LogP contribution >= 0.6 is 0 Å². The van der Waals surface area contributed by atoms with E-state index in [1.165, 1.54) is 19.2 Å². The Morgan fingerprint density at radius 3 is 2.80 bits per heavy atom. The monoisotopic (exact) mass is 210 g/mol. The summed E-state index contributed by atoms with van der Waals surface area (Å²) in [5.74, 6) is -0.689. The lowest BCUT2D eigenvalue weighted by Crippen LogP contribution is -2.17. The van der Waals surface area contributed by atoms with Gasteiger partial charge in [0.2, 0.25) is 0 Å². The van der Waals surface area contributed by atoms with Crippen LogP contribution in [-0.4, -0.2) is 13.1 Å². The number of benzene rings is 1. The van der Waals surface area contributed by atoms with E-state index < -0.39 is 0 Å². The fourth-order valence-electron chi connectivity index (χ4n) is 1.51. The van der Waals surface area contributed by atoms with E-state index in [0.717, 1.165) is 5.56 Å². The molecule has 0 saturated carbocycles. The molecule has 3 heteroatoms. The molecule has 0 aromatic heterocycles. The predicted octanol–water partition coefficient (Wildman–Crippen LogP) is 2.57. The van der Waals surface area contributed by atoms with E-state index in [2.05, 4.69) is 4.74 Å². The van der Waals surface area contributed by atoms with Crippen LogP contribution in [0.3, 0.4) is 0 Å². The largest absolute Gasteiger partial charge is 0.469 e. The lowest BCUT2D eigenvalue weighted by atomic mass is 9.97.